The van der Waals surface area contributed by atoms with Gasteiger partial charge >= 0.3 is 0 Å². The average Bonchev–Trinajstić information content (AvgIpc) is 3.96. The third-order valence-electron chi connectivity index (χ3n) is 12.0. The van der Waals surface area contributed by atoms with Gasteiger partial charge in [0, 0.05) is 35.7 Å². The van der Waals surface area contributed by atoms with Gasteiger partial charge in [-0.05, 0) is 94.0 Å². The Morgan fingerprint density at radius 1 is 1.00 bits per heavy atom. The highest BCUT2D eigenvalue weighted by Gasteiger charge is 2.62. The zero-order chi connectivity index (χ0) is 40.3. The largest absolute Gasteiger partial charge is 0.472 e. The number of pyridine rings is 1. The summed E-state index contributed by atoms with van der Waals surface area (Å²) in [6.45, 7) is 3.09. The lowest BCUT2D eigenvalue weighted by atomic mass is 9.91. The van der Waals surface area contributed by atoms with E-state index >= 15 is 0 Å². The number of benzene rings is 2. The number of amides is 3. The van der Waals surface area contributed by atoms with Crippen molar-refractivity contribution in [3.05, 3.63) is 77.7 Å². The Bertz CT molecular complexity index is 2450. The number of ketones is 1. The summed E-state index contributed by atoms with van der Waals surface area (Å²) in [6, 6.07) is 7.26. The summed E-state index contributed by atoms with van der Waals surface area (Å²) in [5, 5.41) is 7.94. The Kier molecular flexibility index (Phi) is 9.89. The van der Waals surface area contributed by atoms with E-state index in [1.807, 2.05) is 12.2 Å². The Morgan fingerprint density at radius 3 is 2.49 bits per heavy atom. The fraction of sp³-hybridized carbons (Fsp3) is 0.463. The fourth-order valence-corrected chi connectivity index (χ4v) is 9.49. The van der Waals surface area contributed by atoms with Gasteiger partial charge in [0.15, 0.2) is 11.5 Å². The highest BCUT2D eigenvalue weighted by Crippen LogP contribution is 2.57. The van der Waals surface area contributed by atoms with Crippen LogP contribution >= 0.6 is 0 Å². The van der Waals surface area contributed by atoms with Gasteiger partial charge in [0.2, 0.25) is 27.7 Å². The molecule has 0 unspecified atom stereocenters. The molecular weight excluding hydrogens is 761 g/mol. The zero-order valence-electron chi connectivity index (χ0n) is 31.6. The number of rotatable bonds is 7. The molecule has 0 bridgehead atoms. The van der Waals surface area contributed by atoms with Crippen molar-refractivity contribution >= 4 is 55.2 Å². The van der Waals surface area contributed by atoms with Crippen LogP contribution in [-0.2, 0) is 24.4 Å². The number of carbonyl (C=O) groups excluding carboxylic acids is 4. The molecule has 4 aromatic rings. The normalized spacial score (nSPS) is 26.8. The number of nitrogens with one attached hydrogen (secondary N) is 2. The van der Waals surface area contributed by atoms with E-state index in [1.54, 1.807) is 13.8 Å². The van der Waals surface area contributed by atoms with Crippen LogP contribution in [0.1, 0.15) is 87.4 Å². The molecule has 0 radical (unpaired) electrons. The Hall–Kier alpha value is -5.25. The summed E-state index contributed by atoms with van der Waals surface area (Å²) in [4.78, 5) is 62.4. The van der Waals surface area contributed by atoms with E-state index in [-0.39, 0.29) is 49.3 Å². The molecule has 1 saturated heterocycles. The molecule has 300 valence electrons. The Labute approximate surface area is 327 Å². The molecule has 3 fully saturated rings. The number of halogens is 2. The van der Waals surface area contributed by atoms with E-state index in [2.05, 4.69) is 20.2 Å². The summed E-state index contributed by atoms with van der Waals surface area (Å²) in [6.07, 6.45) is 6.68. The number of aromatic nitrogens is 2. The fourth-order valence-electron chi connectivity index (χ4n) is 8.16. The summed E-state index contributed by atoms with van der Waals surface area (Å²) in [5.41, 5.74) is -1.14. The molecule has 16 heteroatoms. The molecule has 8 rings (SSSR count). The summed E-state index contributed by atoms with van der Waals surface area (Å²) in [7, 11) is -4.00. The summed E-state index contributed by atoms with van der Waals surface area (Å²) in [5.74, 6) is -3.41. The van der Waals surface area contributed by atoms with Gasteiger partial charge in [-0.3, -0.25) is 23.9 Å². The highest BCUT2D eigenvalue weighted by atomic mass is 32.2. The van der Waals surface area contributed by atoms with E-state index < -0.39 is 79.4 Å². The molecule has 2 aliphatic carbocycles. The highest BCUT2D eigenvalue weighted by molar-refractivity contribution is 7.91. The van der Waals surface area contributed by atoms with Crippen molar-refractivity contribution in [1.82, 2.24) is 25.1 Å². The van der Waals surface area contributed by atoms with Crippen LogP contribution in [0.2, 0.25) is 0 Å². The molecule has 2 aromatic heterocycles. The molecule has 2 saturated carbocycles. The number of fused-ring (bicyclic) bond motifs is 5. The molecule has 2 aliphatic heterocycles. The molecule has 5 atom stereocenters. The number of hydrogen-bond donors (Lipinski definition) is 2. The van der Waals surface area contributed by atoms with Gasteiger partial charge in [-0.15, -0.1) is 0 Å². The second-order valence-electron chi connectivity index (χ2n) is 16.2. The third-order valence-corrected chi connectivity index (χ3v) is 14.1. The smallest absolute Gasteiger partial charge is 0.274 e. The van der Waals surface area contributed by atoms with Gasteiger partial charge in [-0.25, -0.2) is 22.2 Å². The molecule has 4 heterocycles. The van der Waals surface area contributed by atoms with Gasteiger partial charge in [-0.1, -0.05) is 30.2 Å². The van der Waals surface area contributed by atoms with E-state index in [0.717, 1.165) is 12.8 Å². The van der Waals surface area contributed by atoms with Crippen molar-refractivity contribution in [2.45, 2.75) is 101 Å². The zero-order valence-corrected chi connectivity index (χ0v) is 32.4. The van der Waals surface area contributed by atoms with Crippen LogP contribution in [0.15, 0.2) is 59.1 Å². The van der Waals surface area contributed by atoms with Crippen LogP contribution in [0.3, 0.4) is 0 Å². The number of ether oxygens (including phenoxy) is 1. The second-order valence-corrected chi connectivity index (χ2v) is 18.4. The van der Waals surface area contributed by atoms with Crippen molar-refractivity contribution in [2.75, 3.05) is 6.54 Å². The molecule has 2 aromatic carbocycles. The van der Waals surface area contributed by atoms with E-state index in [0.29, 0.717) is 47.6 Å². The monoisotopic (exact) mass is 803 g/mol. The quantitative estimate of drug-likeness (QED) is 0.177. The number of nitrogens with zero attached hydrogens (tertiary/aromatic N) is 3. The van der Waals surface area contributed by atoms with Gasteiger partial charge in [0.05, 0.1) is 28.3 Å². The van der Waals surface area contributed by atoms with Gasteiger partial charge in [-0.2, -0.15) is 0 Å². The molecular formula is C41H43F2N5O8S. The summed E-state index contributed by atoms with van der Waals surface area (Å²) >= 11 is 0. The minimum absolute atomic E-state index is 0.0125. The van der Waals surface area contributed by atoms with E-state index in [9.17, 15) is 36.4 Å². The Morgan fingerprint density at radius 2 is 1.75 bits per heavy atom. The lowest BCUT2D eigenvalue weighted by Crippen LogP contribution is -2.52. The maximum absolute atomic E-state index is 14.6. The van der Waals surface area contributed by atoms with Crippen molar-refractivity contribution in [3.8, 4) is 5.88 Å². The third kappa shape index (κ3) is 7.51. The number of allylic oxidation sites excluding steroid dienone is 2. The minimum atomic E-state index is -4.00. The first-order chi connectivity index (χ1) is 27.2. The van der Waals surface area contributed by atoms with Gasteiger partial charge in [0.25, 0.3) is 5.91 Å². The molecule has 2 N–H and O–H groups in total. The first-order valence-corrected chi connectivity index (χ1v) is 20.8. The van der Waals surface area contributed by atoms with E-state index in [1.165, 1.54) is 47.4 Å². The lowest BCUT2D eigenvalue weighted by Gasteiger charge is -2.29. The molecule has 3 amide bonds. The van der Waals surface area contributed by atoms with Crippen LogP contribution in [0.4, 0.5) is 8.78 Å². The number of sulfonamides is 1. The second kappa shape index (κ2) is 14.6. The standard InChI is InChI=1S/C41H43F2N5O8S/c1-23-16-33(46-56-23)36(50)44-31-9-7-5-3-4-6-8-24-20-41(24,39(52)47-57(53,54)40(2)14-15-40)21-35(49)34-19-27(22-48(34)38(31)51)55-37-29-13-11-25(42)17-30(29)28-12-10-26(43)18-32(28)45-37/h6,8,10-13,16-18,24,27,31,34H,3-5,7,9,14-15,19-22H2,1-2H3,(H,44,50)(H,47,52)/b8-6-/t24-,27-,31+,34+,41-/m1/s1. The number of hydrogen-bond acceptors (Lipinski definition) is 10. The van der Waals surface area contributed by atoms with Crippen LogP contribution in [-0.4, -0.2) is 76.4 Å². The predicted molar refractivity (Wildman–Crippen MR) is 203 cm³/mol. The number of aryl methyl sites for hydroxylation is 1. The number of carbonyl (C=O) groups is 4. The van der Waals surface area contributed by atoms with Crippen LogP contribution in [0.25, 0.3) is 21.7 Å². The van der Waals surface area contributed by atoms with Crippen molar-refractivity contribution in [3.63, 3.8) is 0 Å². The first kappa shape index (κ1) is 38.6. The predicted octanol–water partition coefficient (Wildman–Crippen LogP) is 5.59. The maximum Gasteiger partial charge on any atom is 0.274 e. The van der Waals surface area contributed by atoms with Crippen LogP contribution in [0.5, 0.6) is 5.88 Å². The maximum atomic E-state index is 14.6. The van der Waals surface area contributed by atoms with Crippen LogP contribution in [0, 0.1) is 29.9 Å². The average molecular weight is 804 g/mol. The SMILES string of the molecule is Cc1cc(C(=O)N[C@H]2CCCCC/C=C\[C@@H]3C[C@@]3(C(=O)NS(=O)(=O)C3(C)CC3)CC(=O)[C@@H]3C[C@@H](Oc4nc5cc(F)ccc5c5cc(F)ccc45)CN3C2=O)no1. The van der Waals surface area contributed by atoms with Crippen molar-refractivity contribution in [1.29, 1.82) is 0 Å². The van der Waals surface area contributed by atoms with Gasteiger partial charge in [0.1, 0.15) is 29.5 Å². The molecule has 13 nitrogen and oxygen atoms in total. The summed E-state index contributed by atoms with van der Waals surface area (Å²) < 4.78 is 68.1. The molecule has 0 spiro atoms. The lowest BCUT2D eigenvalue weighted by molar-refractivity contribution is -0.140. The van der Waals surface area contributed by atoms with Crippen molar-refractivity contribution < 1.29 is 45.6 Å². The van der Waals surface area contributed by atoms with Gasteiger partial charge < -0.3 is 19.5 Å². The van der Waals surface area contributed by atoms with E-state index in [4.69, 9.17) is 9.26 Å². The van der Waals surface area contributed by atoms with Crippen molar-refractivity contribution in [2.24, 2.45) is 11.3 Å². The molecule has 57 heavy (non-hydrogen) atoms. The molecule has 4 aliphatic rings. The number of Topliss-reactive ketones (excluding diaryl/α,β-unsaturated/α-hetero) is 1. The topological polar surface area (TPSA) is 178 Å². The minimum Gasteiger partial charge on any atom is -0.472 e. The van der Waals surface area contributed by atoms with Crippen LogP contribution < -0.4 is 14.8 Å². The Balaban J connectivity index is 1.14. The first-order valence-electron chi connectivity index (χ1n) is 19.3.